The van der Waals surface area contributed by atoms with Crippen LogP contribution in [0, 0.1) is 0 Å². The van der Waals surface area contributed by atoms with Gasteiger partial charge in [0.25, 0.3) is 0 Å². The number of nitrogens with zero attached hydrogens (tertiary/aromatic N) is 4. The van der Waals surface area contributed by atoms with E-state index in [9.17, 15) is 19.2 Å². The Kier molecular flexibility index (Phi) is 19.4. The zero-order valence-corrected chi connectivity index (χ0v) is 38.9. The first-order chi connectivity index (χ1) is 29.8. The Hall–Kier alpha value is -6.02. The van der Waals surface area contributed by atoms with E-state index < -0.39 is 11.1 Å². The van der Waals surface area contributed by atoms with Gasteiger partial charge in [-0.15, -0.1) is 19.7 Å². The lowest BCUT2D eigenvalue weighted by Gasteiger charge is -2.45. The number of carbonyl (C=O) groups excluding carboxylic acids is 4. The average Bonchev–Trinajstić information content (AvgIpc) is 3.85. The van der Waals surface area contributed by atoms with E-state index in [0.29, 0.717) is 32.5 Å². The van der Waals surface area contributed by atoms with Gasteiger partial charge in [-0.05, 0) is 91.5 Å². The second kappa shape index (κ2) is 23.8. The minimum atomic E-state index is -0.444. The third kappa shape index (κ3) is 12.1. The Balaban J connectivity index is 0.000000215. The second-order valence-electron chi connectivity index (χ2n) is 16.2. The minimum absolute atomic E-state index is 0.0721. The van der Waals surface area contributed by atoms with Crippen molar-refractivity contribution in [2.24, 2.45) is 0 Å². The fourth-order valence-corrected chi connectivity index (χ4v) is 7.97. The molecule has 62 heavy (non-hydrogen) atoms. The number of hydrogen-bond donors (Lipinski definition) is 0. The van der Waals surface area contributed by atoms with E-state index in [-0.39, 0.29) is 30.4 Å². The van der Waals surface area contributed by atoms with Crippen LogP contribution in [-0.2, 0) is 22.4 Å². The van der Waals surface area contributed by atoms with E-state index in [1.165, 1.54) is 54.3 Å². The summed E-state index contributed by atoms with van der Waals surface area (Å²) in [6, 6.07) is 34.2. The molecule has 0 bridgehead atoms. The predicted molar refractivity (Wildman–Crippen MR) is 258 cm³/mol. The van der Waals surface area contributed by atoms with Crippen LogP contribution < -0.4 is 0 Å². The Labute approximate surface area is 372 Å². The molecule has 4 aromatic carbocycles. The van der Waals surface area contributed by atoms with E-state index in [1.54, 1.807) is 28.0 Å². The highest BCUT2D eigenvalue weighted by Gasteiger charge is 2.43. The second-order valence-corrected chi connectivity index (χ2v) is 16.2. The lowest BCUT2D eigenvalue weighted by molar-refractivity contribution is -0.135. The molecular weight excluding hydrogens is 769 g/mol. The molecule has 0 radical (unpaired) electrons. The van der Waals surface area contributed by atoms with Gasteiger partial charge in [-0.25, -0.2) is 9.59 Å². The summed E-state index contributed by atoms with van der Waals surface area (Å²) in [4.78, 5) is 53.7. The molecule has 4 aromatic rings. The summed E-state index contributed by atoms with van der Waals surface area (Å²) in [5.41, 5.74) is 10.7. The molecule has 2 heterocycles. The van der Waals surface area contributed by atoms with Crippen LogP contribution >= 0.6 is 0 Å². The van der Waals surface area contributed by atoms with Crippen molar-refractivity contribution in [3.8, 4) is 22.3 Å². The zero-order chi connectivity index (χ0) is 46.0. The van der Waals surface area contributed by atoms with E-state index in [1.807, 2.05) is 62.3 Å². The van der Waals surface area contributed by atoms with E-state index in [4.69, 9.17) is 0 Å². The maximum absolute atomic E-state index is 12.1. The Morgan fingerprint density at radius 2 is 0.774 bits per heavy atom. The van der Waals surface area contributed by atoms with Crippen molar-refractivity contribution in [2.45, 2.75) is 105 Å². The quantitative estimate of drug-likeness (QED) is 0.143. The summed E-state index contributed by atoms with van der Waals surface area (Å²) in [6.45, 7) is 30.1. The van der Waals surface area contributed by atoms with Gasteiger partial charge in [0.1, 0.15) is 0 Å². The van der Waals surface area contributed by atoms with Crippen molar-refractivity contribution in [1.82, 2.24) is 19.6 Å². The highest BCUT2D eigenvalue weighted by Crippen LogP contribution is 2.37. The summed E-state index contributed by atoms with van der Waals surface area (Å²) in [7, 11) is 0. The molecule has 2 aliphatic carbocycles. The standard InChI is InChI=1S/2C13H10.C12H20N2O2.C12H18N2O2.2C2H6/c2*1-3-7-12-10(5-1)9-11-6-2-4-8-13(11)12;2*1-5-7-13-10(15)9-12(3,4)14(8-6-2)11(13)16;2*1-2/h2*1-8H,9H2;6H,2,5,7-9H2,1,3-4H3;5-6H,1-2,7-9H2,3-4H3;2*1-2H3. The van der Waals surface area contributed by atoms with Crippen molar-refractivity contribution in [2.75, 3.05) is 26.2 Å². The lowest BCUT2D eigenvalue weighted by Crippen LogP contribution is -2.61. The molecule has 2 saturated heterocycles. The van der Waals surface area contributed by atoms with Crippen LogP contribution in [0.3, 0.4) is 0 Å². The third-order valence-corrected chi connectivity index (χ3v) is 10.9. The van der Waals surface area contributed by atoms with Crippen LogP contribution in [0.25, 0.3) is 22.3 Å². The van der Waals surface area contributed by atoms with Crippen molar-refractivity contribution >= 4 is 23.9 Å². The Morgan fingerprint density at radius 3 is 1.08 bits per heavy atom. The van der Waals surface area contributed by atoms with Crippen molar-refractivity contribution < 1.29 is 19.2 Å². The number of fused-ring (bicyclic) bond motifs is 6. The summed E-state index contributed by atoms with van der Waals surface area (Å²) in [6.07, 6.45) is 8.63. The Bertz CT molecular complexity index is 1990. The monoisotopic (exact) mass is 839 g/mol. The van der Waals surface area contributed by atoms with Gasteiger partial charge in [0.2, 0.25) is 11.8 Å². The van der Waals surface area contributed by atoms with Crippen LogP contribution in [0.2, 0.25) is 0 Å². The number of urea groups is 2. The molecule has 0 N–H and O–H groups in total. The first-order valence-corrected chi connectivity index (χ1v) is 22.2. The van der Waals surface area contributed by atoms with Gasteiger partial charge in [0.15, 0.2) is 0 Å². The highest BCUT2D eigenvalue weighted by atomic mass is 16.2. The van der Waals surface area contributed by atoms with Crippen LogP contribution in [0.15, 0.2) is 135 Å². The molecule has 4 aliphatic rings. The van der Waals surface area contributed by atoms with Crippen molar-refractivity contribution in [3.63, 3.8) is 0 Å². The molecule has 330 valence electrons. The maximum atomic E-state index is 12.1. The van der Waals surface area contributed by atoms with Crippen LogP contribution in [0.4, 0.5) is 9.59 Å². The first-order valence-electron chi connectivity index (χ1n) is 22.2. The number of benzene rings is 4. The fourth-order valence-electron chi connectivity index (χ4n) is 7.97. The summed E-state index contributed by atoms with van der Waals surface area (Å²) in [5.74, 6) is -0.215. The summed E-state index contributed by atoms with van der Waals surface area (Å²) < 4.78 is 0. The molecule has 2 fully saturated rings. The summed E-state index contributed by atoms with van der Waals surface area (Å²) in [5, 5.41) is 0. The number of rotatable bonds is 8. The van der Waals surface area contributed by atoms with E-state index in [0.717, 1.165) is 19.3 Å². The number of amides is 6. The fraction of sp³-hybridized carbons (Fsp3) is 0.370. The number of hydrogen-bond acceptors (Lipinski definition) is 4. The molecule has 0 unspecified atom stereocenters. The van der Waals surface area contributed by atoms with E-state index in [2.05, 4.69) is 117 Å². The minimum Gasteiger partial charge on any atom is -0.315 e. The summed E-state index contributed by atoms with van der Waals surface area (Å²) >= 11 is 0. The van der Waals surface area contributed by atoms with Crippen LogP contribution in [0.5, 0.6) is 0 Å². The molecule has 6 amide bonds. The molecule has 8 nitrogen and oxygen atoms in total. The maximum Gasteiger partial charge on any atom is 0.327 e. The van der Waals surface area contributed by atoms with Gasteiger partial charge in [0.05, 0.1) is 12.8 Å². The smallest absolute Gasteiger partial charge is 0.315 e. The Morgan fingerprint density at radius 1 is 0.484 bits per heavy atom. The third-order valence-electron chi connectivity index (χ3n) is 10.9. The largest absolute Gasteiger partial charge is 0.327 e. The predicted octanol–water partition coefficient (Wildman–Crippen LogP) is 12.4. The van der Waals surface area contributed by atoms with Crippen LogP contribution in [0.1, 0.15) is 104 Å². The first kappa shape index (κ1) is 50.3. The van der Waals surface area contributed by atoms with Gasteiger partial charge in [-0.1, -0.05) is 150 Å². The van der Waals surface area contributed by atoms with Gasteiger partial charge in [0, 0.05) is 37.3 Å². The number of carbonyl (C=O) groups is 4. The van der Waals surface area contributed by atoms with Crippen molar-refractivity contribution in [1.29, 1.82) is 0 Å². The normalized spacial score (nSPS) is 15.7. The van der Waals surface area contributed by atoms with Crippen molar-refractivity contribution in [3.05, 3.63) is 157 Å². The lowest BCUT2D eigenvalue weighted by atomic mass is 9.94. The molecule has 8 heteroatoms. The van der Waals surface area contributed by atoms with Gasteiger partial charge < -0.3 is 9.80 Å². The van der Waals surface area contributed by atoms with Crippen LogP contribution in [-0.4, -0.2) is 80.7 Å². The molecule has 0 spiro atoms. The zero-order valence-electron chi connectivity index (χ0n) is 38.9. The van der Waals surface area contributed by atoms with E-state index >= 15 is 0 Å². The van der Waals surface area contributed by atoms with Gasteiger partial charge >= 0.3 is 12.1 Å². The van der Waals surface area contributed by atoms with Gasteiger partial charge in [-0.2, -0.15) is 0 Å². The highest BCUT2D eigenvalue weighted by molar-refractivity contribution is 5.98. The van der Waals surface area contributed by atoms with Gasteiger partial charge in [-0.3, -0.25) is 19.4 Å². The SMILES string of the molecule is C=CCN1C(=O)CC(C)(C)N(CC=C)C1=O.C=CCN1C(=O)N(CCC)C(=O)CC1(C)C.CC.CC.c1ccc2c(c1)Cc1ccccc1-2.c1ccc2c(c1)Cc1ccccc1-2. The topological polar surface area (TPSA) is 81.2 Å². The average molecular weight is 839 g/mol. The molecule has 2 aliphatic heterocycles. The molecule has 8 rings (SSSR count). The molecular formula is C54H70N4O4. The molecule has 0 aromatic heterocycles. The molecule has 0 saturated carbocycles. The molecule has 0 atom stereocenters. The number of imide groups is 2.